The molecular formula is C35H41FN6O4. The molecule has 2 aromatic carbocycles. The molecule has 0 amide bonds. The van der Waals surface area contributed by atoms with Gasteiger partial charge in [0.2, 0.25) is 0 Å². The second-order valence-corrected chi connectivity index (χ2v) is 13.4. The first kappa shape index (κ1) is 29.7. The quantitative estimate of drug-likeness (QED) is 0.265. The fourth-order valence-corrected chi connectivity index (χ4v) is 8.50. The highest BCUT2D eigenvalue weighted by Crippen LogP contribution is 2.43. The zero-order valence-electron chi connectivity index (χ0n) is 26.5. The van der Waals surface area contributed by atoms with Crippen molar-refractivity contribution in [3.05, 3.63) is 48.4 Å². The van der Waals surface area contributed by atoms with Gasteiger partial charge < -0.3 is 24.2 Å². The average Bonchev–Trinajstić information content (AvgIpc) is 3.69. The summed E-state index contributed by atoms with van der Waals surface area (Å²) in [5.74, 6) is 0.722. The van der Waals surface area contributed by atoms with Crippen LogP contribution in [0.2, 0.25) is 0 Å². The number of rotatable bonds is 9. The topological polar surface area (TPSA) is 96.3 Å². The number of aromatic nitrogens is 3. The van der Waals surface area contributed by atoms with Crippen molar-refractivity contribution in [2.24, 2.45) is 0 Å². The fraction of sp³-hybridized carbons (Fsp3) is 0.514. The largest absolute Gasteiger partial charge is 0.468 e. The van der Waals surface area contributed by atoms with Crippen LogP contribution in [0.5, 0.6) is 11.8 Å². The lowest BCUT2D eigenvalue weighted by atomic mass is 9.95. The van der Waals surface area contributed by atoms with E-state index < -0.39 is 5.82 Å². The Bertz CT molecular complexity index is 1760. The van der Waals surface area contributed by atoms with Crippen molar-refractivity contribution in [3.8, 4) is 23.0 Å². The Hall–Kier alpha value is -3.64. The number of hydrogen-bond donors (Lipinski definition) is 1. The van der Waals surface area contributed by atoms with Gasteiger partial charge in [-0.2, -0.15) is 9.97 Å². The maximum absolute atomic E-state index is 16.9. The van der Waals surface area contributed by atoms with Gasteiger partial charge in [-0.3, -0.25) is 14.8 Å². The Morgan fingerprint density at radius 3 is 2.65 bits per heavy atom. The molecule has 2 aromatic heterocycles. The van der Waals surface area contributed by atoms with Gasteiger partial charge in [0.05, 0.1) is 17.5 Å². The minimum atomic E-state index is -0.515. The highest BCUT2D eigenvalue weighted by atomic mass is 19.1. The first-order valence-corrected chi connectivity index (χ1v) is 16.5. The van der Waals surface area contributed by atoms with E-state index in [1.54, 1.807) is 13.3 Å². The predicted molar refractivity (Wildman–Crippen MR) is 174 cm³/mol. The molecule has 0 spiro atoms. The molecule has 0 radical (unpaired) electrons. The molecule has 46 heavy (non-hydrogen) atoms. The number of aliphatic hydroxyl groups is 1. The third-order valence-corrected chi connectivity index (χ3v) is 10.9. The van der Waals surface area contributed by atoms with Gasteiger partial charge in [-0.1, -0.05) is 24.3 Å². The summed E-state index contributed by atoms with van der Waals surface area (Å²) in [5, 5.41) is 12.3. The molecule has 4 atom stereocenters. The highest BCUT2D eigenvalue weighted by molar-refractivity contribution is 6.00. The summed E-state index contributed by atoms with van der Waals surface area (Å²) in [5.41, 5.74) is 0.861. The third-order valence-electron chi connectivity index (χ3n) is 10.9. The van der Waals surface area contributed by atoms with Crippen LogP contribution in [0.4, 0.5) is 10.2 Å². The van der Waals surface area contributed by atoms with Crippen molar-refractivity contribution in [3.63, 3.8) is 0 Å². The maximum atomic E-state index is 16.9. The number of aliphatic hydroxyl groups excluding tert-OH is 1. The van der Waals surface area contributed by atoms with Crippen molar-refractivity contribution in [1.82, 2.24) is 24.8 Å². The number of piperazine rings is 1. The molecule has 4 aromatic rings. The molecule has 4 aliphatic heterocycles. The maximum Gasteiger partial charge on any atom is 0.319 e. The van der Waals surface area contributed by atoms with E-state index in [4.69, 9.17) is 29.2 Å². The smallest absolute Gasteiger partial charge is 0.319 e. The first-order chi connectivity index (χ1) is 22.5. The van der Waals surface area contributed by atoms with E-state index in [1.165, 1.54) is 0 Å². The molecule has 1 N–H and O–H groups in total. The van der Waals surface area contributed by atoms with E-state index in [1.807, 2.05) is 36.4 Å². The van der Waals surface area contributed by atoms with E-state index in [2.05, 4.69) is 21.7 Å². The molecule has 0 aliphatic carbocycles. The van der Waals surface area contributed by atoms with Gasteiger partial charge in [0.1, 0.15) is 29.4 Å². The van der Waals surface area contributed by atoms with Gasteiger partial charge in [0, 0.05) is 50.1 Å². The van der Waals surface area contributed by atoms with E-state index >= 15 is 4.39 Å². The summed E-state index contributed by atoms with van der Waals surface area (Å²) >= 11 is 0. The average molecular weight is 629 g/mol. The van der Waals surface area contributed by atoms with Gasteiger partial charge in [-0.15, -0.1) is 0 Å². The van der Waals surface area contributed by atoms with Crippen LogP contribution in [0.25, 0.3) is 32.9 Å². The van der Waals surface area contributed by atoms with E-state index in [9.17, 15) is 5.11 Å². The van der Waals surface area contributed by atoms with Gasteiger partial charge in [0.25, 0.3) is 0 Å². The van der Waals surface area contributed by atoms with Crippen LogP contribution >= 0.6 is 0 Å². The van der Waals surface area contributed by atoms with Crippen molar-refractivity contribution in [2.75, 3.05) is 58.7 Å². The van der Waals surface area contributed by atoms with Gasteiger partial charge in [0.15, 0.2) is 12.6 Å². The summed E-state index contributed by atoms with van der Waals surface area (Å²) in [7, 11) is 3.76. The van der Waals surface area contributed by atoms with Crippen LogP contribution < -0.4 is 14.4 Å². The number of nitrogens with zero attached hydrogens (tertiary/aromatic N) is 6. The minimum absolute atomic E-state index is 0.0771. The normalized spacial score (nSPS) is 26.3. The summed E-state index contributed by atoms with van der Waals surface area (Å²) in [4.78, 5) is 21.6. The Balaban J connectivity index is 1.23. The van der Waals surface area contributed by atoms with Crippen molar-refractivity contribution >= 4 is 27.5 Å². The summed E-state index contributed by atoms with van der Waals surface area (Å²) in [6.45, 7) is 3.20. The molecular weight excluding hydrogens is 587 g/mol. The fourth-order valence-electron chi connectivity index (χ4n) is 8.50. The van der Waals surface area contributed by atoms with E-state index in [-0.39, 0.29) is 42.2 Å². The predicted octanol–water partition coefficient (Wildman–Crippen LogP) is 4.62. The lowest BCUT2D eigenvalue weighted by Crippen LogP contribution is -2.52. The van der Waals surface area contributed by atoms with Gasteiger partial charge >= 0.3 is 6.01 Å². The van der Waals surface area contributed by atoms with Gasteiger partial charge in [-0.25, -0.2) is 4.39 Å². The molecule has 4 aliphatic rings. The molecule has 242 valence electrons. The number of halogens is 1. The number of benzene rings is 2. The molecule has 2 bridgehead atoms. The highest BCUT2D eigenvalue weighted by Gasteiger charge is 2.49. The lowest BCUT2D eigenvalue weighted by Gasteiger charge is -2.39. The number of ether oxygens (including phenoxy) is 3. The van der Waals surface area contributed by atoms with Crippen molar-refractivity contribution < 1.29 is 23.7 Å². The molecule has 2 unspecified atom stereocenters. The van der Waals surface area contributed by atoms with Crippen LogP contribution in [0.3, 0.4) is 0 Å². The van der Waals surface area contributed by atoms with Crippen LogP contribution in [0.15, 0.2) is 42.6 Å². The van der Waals surface area contributed by atoms with Crippen LogP contribution in [0.1, 0.15) is 38.5 Å². The second-order valence-electron chi connectivity index (χ2n) is 13.4. The molecule has 0 saturated carbocycles. The molecule has 4 saturated heterocycles. The second kappa shape index (κ2) is 11.9. The Labute approximate surface area is 268 Å². The summed E-state index contributed by atoms with van der Waals surface area (Å²) in [6.07, 6.45) is 7.96. The summed E-state index contributed by atoms with van der Waals surface area (Å²) in [6, 6.07) is 12.7. The molecule has 4 fully saturated rings. The van der Waals surface area contributed by atoms with Gasteiger partial charge in [-0.05, 0) is 75.0 Å². The van der Waals surface area contributed by atoms with Crippen LogP contribution in [0, 0.1) is 5.82 Å². The zero-order valence-corrected chi connectivity index (χ0v) is 26.5. The molecule has 10 nitrogen and oxygen atoms in total. The standard InChI is InChI=1S/C35H41FN6O4/c1-40-23-8-9-24(40)18-41(17-23)33-29-16-37-31(28-15-26(46-21-44-2)14-22-6-3-4-7-27(22)28)30(36)32(29)38-34(39-33)45-20-35-11-5-13-42(35)25(19-43)10-12-35/h3-4,6-7,14-16,23-25,43H,5,8-13,17-21H2,1-2H3/t23?,24?,25-,35-/m1/s1. The van der Waals surface area contributed by atoms with E-state index in [0.29, 0.717) is 41.2 Å². The van der Waals surface area contributed by atoms with Crippen LogP contribution in [-0.4, -0.2) is 107 Å². The number of fused-ring (bicyclic) bond motifs is 5. The number of methoxy groups -OCH3 is 1. The molecule has 8 rings (SSSR count). The summed E-state index contributed by atoms with van der Waals surface area (Å²) < 4.78 is 34.3. The zero-order chi connectivity index (χ0) is 31.4. The third kappa shape index (κ3) is 4.95. The molecule has 11 heteroatoms. The minimum Gasteiger partial charge on any atom is -0.468 e. The SMILES string of the molecule is COCOc1cc(-c2ncc3c(N4CC5CCC(C4)N5C)nc(OC[C@]45CCCN4[C@@H](CO)CC5)nc3c2F)c2ccccc2c1. The number of hydrogen-bond acceptors (Lipinski definition) is 10. The number of anilines is 1. The number of likely N-dealkylation sites (N-methyl/N-ethyl adjacent to an activating group) is 1. The lowest BCUT2D eigenvalue weighted by molar-refractivity contribution is 0.0512. The monoisotopic (exact) mass is 628 g/mol. The van der Waals surface area contributed by atoms with Crippen LogP contribution in [-0.2, 0) is 4.74 Å². The molecule has 6 heterocycles. The Morgan fingerprint density at radius 1 is 1.02 bits per heavy atom. The van der Waals surface area contributed by atoms with Crippen molar-refractivity contribution in [2.45, 2.75) is 62.2 Å². The first-order valence-electron chi connectivity index (χ1n) is 16.5. The van der Waals surface area contributed by atoms with E-state index in [0.717, 1.165) is 68.9 Å². The Morgan fingerprint density at radius 2 is 1.85 bits per heavy atom. The Kier molecular flexibility index (Phi) is 7.67. The number of pyridine rings is 1. The van der Waals surface area contributed by atoms with Crippen molar-refractivity contribution in [1.29, 1.82) is 0 Å².